The Hall–Kier alpha value is -1.87. The summed E-state index contributed by atoms with van der Waals surface area (Å²) in [6.45, 7) is 4.51. The van der Waals surface area contributed by atoms with Crippen molar-refractivity contribution >= 4 is 5.69 Å². The summed E-state index contributed by atoms with van der Waals surface area (Å²) in [6, 6.07) is 12.4. The van der Waals surface area contributed by atoms with Crippen molar-refractivity contribution in [2.75, 3.05) is 18.5 Å². The standard InChI is InChI=1S/C17H20FNO/c1-12-8-13(2)10-14(9-12)17(20)11-19(3)16-6-4-15(18)5-7-16/h4-10,17,20H,11H2,1-3H3. The highest BCUT2D eigenvalue weighted by Gasteiger charge is 2.12. The van der Waals surface area contributed by atoms with Crippen LogP contribution in [0.25, 0.3) is 0 Å². The van der Waals surface area contributed by atoms with Crippen molar-refractivity contribution in [2.45, 2.75) is 20.0 Å². The minimum Gasteiger partial charge on any atom is -0.387 e. The van der Waals surface area contributed by atoms with Gasteiger partial charge in [0.15, 0.2) is 0 Å². The van der Waals surface area contributed by atoms with Crippen LogP contribution in [0.1, 0.15) is 22.8 Å². The van der Waals surface area contributed by atoms with Gasteiger partial charge in [-0.25, -0.2) is 4.39 Å². The van der Waals surface area contributed by atoms with Crippen molar-refractivity contribution in [1.29, 1.82) is 0 Å². The van der Waals surface area contributed by atoms with E-state index in [1.54, 1.807) is 12.1 Å². The molecule has 0 amide bonds. The molecular formula is C17H20FNO. The fourth-order valence-electron chi connectivity index (χ4n) is 2.37. The van der Waals surface area contributed by atoms with Gasteiger partial charge in [0, 0.05) is 19.3 Å². The summed E-state index contributed by atoms with van der Waals surface area (Å²) in [6.07, 6.45) is -0.566. The summed E-state index contributed by atoms with van der Waals surface area (Å²) < 4.78 is 12.9. The number of anilines is 1. The number of aliphatic hydroxyl groups is 1. The molecule has 20 heavy (non-hydrogen) atoms. The normalized spacial score (nSPS) is 12.2. The smallest absolute Gasteiger partial charge is 0.123 e. The lowest BCUT2D eigenvalue weighted by Crippen LogP contribution is -2.24. The lowest BCUT2D eigenvalue weighted by Gasteiger charge is -2.23. The zero-order valence-electron chi connectivity index (χ0n) is 12.1. The van der Waals surface area contributed by atoms with E-state index in [4.69, 9.17) is 0 Å². The summed E-state index contributed by atoms with van der Waals surface area (Å²) in [4.78, 5) is 1.92. The number of hydrogen-bond acceptors (Lipinski definition) is 2. The van der Waals surface area contributed by atoms with E-state index < -0.39 is 6.10 Å². The van der Waals surface area contributed by atoms with Crippen LogP contribution in [0.3, 0.4) is 0 Å². The number of aryl methyl sites for hydroxylation is 2. The van der Waals surface area contributed by atoms with Crippen molar-refractivity contribution in [3.05, 3.63) is 65.0 Å². The Kier molecular flexibility index (Phi) is 4.40. The van der Waals surface area contributed by atoms with Crippen LogP contribution in [0.5, 0.6) is 0 Å². The molecule has 0 heterocycles. The third-order valence-corrected chi connectivity index (χ3v) is 3.34. The first kappa shape index (κ1) is 14.5. The molecule has 3 heteroatoms. The van der Waals surface area contributed by atoms with Gasteiger partial charge in [0.05, 0.1) is 6.10 Å². The number of halogens is 1. The molecule has 0 aromatic heterocycles. The molecule has 0 fully saturated rings. The molecule has 2 aromatic rings. The van der Waals surface area contributed by atoms with Crippen molar-refractivity contribution in [1.82, 2.24) is 0 Å². The van der Waals surface area contributed by atoms with E-state index in [2.05, 4.69) is 6.07 Å². The zero-order valence-corrected chi connectivity index (χ0v) is 12.1. The van der Waals surface area contributed by atoms with Crippen LogP contribution in [0.2, 0.25) is 0 Å². The third kappa shape index (κ3) is 3.58. The average molecular weight is 273 g/mol. The molecule has 0 saturated heterocycles. The molecule has 0 aliphatic carbocycles. The number of rotatable bonds is 4. The summed E-state index contributed by atoms with van der Waals surface area (Å²) in [5.41, 5.74) is 4.08. The summed E-state index contributed by atoms with van der Waals surface area (Å²) in [7, 11) is 1.89. The summed E-state index contributed by atoms with van der Waals surface area (Å²) >= 11 is 0. The van der Waals surface area contributed by atoms with Gasteiger partial charge in [-0.2, -0.15) is 0 Å². The summed E-state index contributed by atoms with van der Waals surface area (Å²) in [5.74, 6) is -0.253. The van der Waals surface area contributed by atoms with Gasteiger partial charge in [0.1, 0.15) is 5.82 Å². The largest absolute Gasteiger partial charge is 0.387 e. The zero-order chi connectivity index (χ0) is 14.7. The first-order valence-electron chi connectivity index (χ1n) is 6.68. The molecule has 106 valence electrons. The van der Waals surface area contributed by atoms with E-state index in [0.29, 0.717) is 6.54 Å². The van der Waals surface area contributed by atoms with Gasteiger partial charge in [-0.1, -0.05) is 29.3 Å². The topological polar surface area (TPSA) is 23.5 Å². The van der Waals surface area contributed by atoms with Gasteiger partial charge < -0.3 is 10.0 Å². The summed E-state index contributed by atoms with van der Waals surface area (Å²) in [5, 5.41) is 10.3. The molecule has 0 spiro atoms. The predicted molar refractivity (Wildman–Crippen MR) is 80.5 cm³/mol. The Morgan fingerprint density at radius 1 is 1.05 bits per heavy atom. The van der Waals surface area contributed by atoms with Gasteiger partial charge in [-0.3, -0.25) is 0 Å². The number of nitrogens with zero attached hydrogens (tertiary/aromatic N) is 1. The van der Waals surface area contributed by atoms with Gasteiger partial charge >= 0.3 is 0 Å². The Balaban J connectivity index is 2.10. The van der Waals surface area contributed by atoms with E-state index in [0.717, 1.165) is 22.4 Å². The first-order chi connectivity index (χ1) is 9.45. The van der Waals surface area contributed by atoms with Crippen molar-refractivity contribution in [3.63, 3.8) is 0 Å². The quantitative estimate of drug-likeness (QED) is 0.920. The van der Waals surface area contributed by atoms with Crippen LogP contribution in [0.4, 0.5) is 10.1 Å². The van der Waals surface area contributed by atoms with E-state index in [-0.39, 0.29) is 5.82 Å². The SMILES string of the molecule is Cc1cc(C)cc(C(O)CN(C)c2ccc(F)cc2)c1. The molecule has 0 saturated carbocycles. The molecule has 1 unspecified atom stereocenters. The lowest BCUT2D eigenvalue weighted by atomic mass is 10.0. The van der Waals surface area contributed by atoms with E-state index >= 15 is 0 Å². The van der Waals surface area contributed by atoms with E-state index in [9.17, 15) is 9.50 Å². The maximum absolute atomic E-state index is 12.9. The van der Waals surface area contributed by atoms with Gasteiger partial charge in [0.2, 0.25) is 0 Å². The Morgan fingerprint density at radius 2 is 1.60 bits per heavy atom. The number of benzene rings is 2. The average Bonchev–Trinajstić information content (AvgIpc) is 2.38. The minimum atomic E-state index is -0.566. The van der Waals surface area contributed by atoms with Gasteiger partial charge in [-0.15, -0.1) is 0 Å². The first-order valence-corrected chi connectivity index (χ1v) is 6.68. The second-order valence-corrected chi connectivity index (χ2v) is 5.29. The number of aliphatic hydroxyl groups excluding tert-OH is 1. The van der Waals surface area contributed by atoms with Crippen LogP contribution in [0, 0.1) is 19.7 Å². The molecule has 0 aliphatic heterocycles. The van der Waals surface area contributed by atoms with Crippen molar-refractivity contribution in [2.24, 2.45) is 0 Å². The van der Waals surface area contributed by atoms with Crippen LogP contribution >= 0.6 is 0 Å². The van der Waals surface area contributed by atoms with Gasteiger partial charge in [0.25, 0.3) is 0 Å². The Labute approximate surface area is 119 Å². The van der Waals surface area contributed by atoms with E-state index in [1.165, 1.54) is 12.1 Å². The molecule has 2 rings (SSSR count). The minimum absolute atomic E-state index is 0.253. The highest BCUT2D eigenvalue weighted by atomic mass is 19.1. The van der Waals surface area contributed by atoms with Crippen molar-refractivity contribution < 1.29 is 9.50 Å². The van der Waals surface area contributed by atoms with Crippen LogP contribution in [-0.4, -0.2) is 18.7 Å². The third-order valence-electron chi connectivity index (χ3n) is 3.34. The Bertz CT molecular complexity index is 560. The molecule has 0 aliphatic rings. The van der Waals surface area contributed by atoms with Crippen LogP contribution in [-0.2, 0) is 0 Å². The monoisotopic (exact) mass is 273 g/mol. The molecular weight excluding hydrogens is 253 g/mol. The fraction of sp³-hybridized carbons (Fsp3) is 0.294. The molecule has 1 atom stereocenters. The van der Waals surface area contributed by atoms with Crippen LogP contribution < -0.4 is 4.90 Å². The molecule has 0 radical (unpaired) electrons. The van der Waals surface area contributed by atoms with Crippen LogP contribution in [0.15, 0.2) is 42.5 Å². The molecule has 0 bridgehead atoms. The molecule has 1 N–H and O–H groups in total. The maximum atomic E-state index is 12.9. The number of hydrogen-bond donors (Lipinski definition) is 1. The van der Waals surface area contributed by atoms with E-state index in [1.807, 2.05) is 37.9 Å². The fourth-order valence-corrected chi connectivity index (χ4v) is 2.37. The second-order valence-electron chi connectivity index (χ2n) is 5.29. The second kappa shape index (κ2) is 6.06. The Morgan fingerprint density at radius 3 is 2.15 bits per heavy atom. The molecule has 2 nitrogen and oxygen atoms in total. The van der Waals surface area contributed by atoms with Crippen molar-refractivity contribution in [3.8, 4) is 0 Å². The highest BCUT2D eigenvalue weighted by Crippen LogP contribution is 2.20. The number of likely N-dealkylation sites (N-methyl/N-ethyl adjacent to an activating group) is 1. The lowest BCUT2D eigenvalue weighted by molar-refractivity contribution is 0.185. The van der Waals surface area contributed by atoms with Gasteiger partial charge in [-0.05, 0) is 43.7 Å². The maximum Gasteiger partial charge on any atom is 0.123 e. The predicted octanol–water partition coefficient (Wildman–Crippen LogP) is 3.61. The molecule has 2 aromatic carbocycles. The highest BCUT2D eigenvalue weighted by molar-refractivity contribution is 5.46.